The van der Waals surface area contributed by atoms with Crippen LogP contribution in [0.25, 0.3) is 0 Å². The van der Waals surface area contributed by atoms with E-state index in [1.807, 2.05) is 0 Å². The molecule has 3 nitrogen and oxygen atoms in total. The number of hydrogen-bond acceptors (Lipinski definition) is 3. The summed E-state index contributed by atoms with van der Waals surface area (Å²) in [5.74, 6) is 1.99. The van der Waals surface area contributed by atoms with Crippen LogP contribution < -0.4 is 0 Å². The van der Waals surface area contributed by atoms with E-state index in [4.69, 9.17) is 16.3 Å². The monoisotopic (exact) mass is 236 g/mol. The van der Waals surface area contributed by atoms with E-state index in [0.29, 0.717) is 17.5 Å². The van der Waals surface area contributed by atoms with Crippen molar-refractivity contribution in [2.24, 2.45) is 0 Å². The molecule has 2 rings (SSSR count). The van der Waals surface area contributed by atoms with Crippen molar-refractivity contribution in [3.63, 3.8) is 0 Å². The zero-order chi connectivity index (χ0) is 12.4. The molecule has 1 aliphatic rings. The highest BCUT2D eigenvalue weighted by atomic mass is 19.1. The Labute approximate surface area is 98.8 Å². The predicted octanol–water partition coefficient (Wildman–Crippen LogP) is 0.990. The molecule has 1 aromatic rings. The van der Waals surface area contributed by atoms with Gasteiger partial charge in [0, 0.05) is 12.0 Å². The van der Waals surface area contributed by atoms with E-state index in [1.54, 1.807) is 6.07 Å². The minimum Gasteiger partial charge on any atom is -0.394 e. The quantitative estimate of drug-likeness (QED) is 0.753. The smallest absolute Gasteiger partial charge is 0.124 e. The highest BCUT2D eigenvalue weighted by Crippen LogP contribution is 2.34. The first kappa shape index (κ1) is 12.1. The molecule has 2 N–H and O–H groups in total. The number of terminal acetylenes is 1. The Bertz CT molecular complexity index is 452. The van der Waals surface area contributed by atoms with Gasteiger partial charge in [-0.15, -0.1) is 6.42 Å². The molecule has 0 aliphatic carbocycles. The molecule has 0 radical (unpaired) electrons. The zero-order valence-electron chi connectivity index (χ0n) is 9.14. The van der Waals surface area contributed by atoms with Crippen molar-refractivity contribution in [3.8, 4) is 12.3 Å². The van der Waals surface area contributed by atoms with E-state index in [-0.39, 0.29) is 6.61 Å². The second-order valence-corrected chi connectivity index (χ2v) is 4.02. The Morgan fingerprint density at radius 3 is 2.88 bits per heavy atom. The molecule has 1 aromatic carbocycles. The molecule has 1 saturated heterocycles. The lowest BCUT2D eigenvalue weighted by atomic mass is 9.99. The molecular formula is C13H13FO3. The first-order valence-electron chi connectivity index (χ1n) is 5.36. The van der Waals surface area contributed by atoms with Gasteiger partial charge in [0.25, 0.3) is 0 Å². The van der Waals surface area contributed by atoms with Gasteiger partial charge in [-0.1, -0.05) is 12.0 Å². The van der Waals surface area contributed by atoms with E-state index >= 15 is 0 Å². The first-order chi connectivity index (χ1) is 8.15. The van der Waals surface area contributed by atoms with Gasteiger partial charge in [0.2, 0.25) is 0 Å². The Morgan fingerprint density at radius 2 is 2.29 bits per heavy atom. The van der Waals surface area contributed by atoms with E-state index in [2.05, 4.69) is 5.92 Å². The maximum absolute atomic E-state index is 13.0. The van der Waals surface area contributed by atoms with Crippen LogP contribution in [0.2, 0.25) is 0 Å². The molecule has 90 valence electrons. The first-order valence-corrected chi connectivity index (χ1v) is 5.36. The SMILES string of the molecule is C#Cc1cc(F)ccc1[C@H]1C[C@H](O)[C@@H](CO)O1. The number of benzene rings is 1. The van der Waals surface area contributed by atoms with Crippen molar-refractivity contribution in [3.05, 3.63) is 35.1 Å². The Hall–Kier alpha value is -1.41. The number of halogens is 1. The standard InChI is InChI=1S/C13H13FO3/c1-2-8-5-9(14)3-4-10(8)12-6-11(16)13(7-15)17-12/h1,3-5,11-13,15-16H,6-7H2/t11-,12+,13+/m0/s1. The van der Waals surface area contributed by atoms with E-state index in [9.17, 15) is 9.50 Å². The van der Waals surface area contributed by atoms with Crippen LogP contribution in [0, 0.1) is 18.2 Å². The maximum Gasteiger partial charge on any atom is 0.124 e. The summed E-state index contributed by atoms with van der Waals surface area (Å²) in [6.45, 7) is -0.246. The Kier molecular flexibility index (Phi) is 3.43. The molecule has 0 bridgehead atoms. The van der Waals surface area contributed by atoms with Gasteiger partial charge in [0.05, 0.1) is 18.8 Å². The van der Waals surface area contributed by atoms with Crippen molar-refractivity contribution in [2.45, 2.75) is 24.7 Å². The fraction of sp³-hybridized carbons (Fsp3) is 0.385. The molecule has 1 aliphatic heterocycles. The fourth-order valence-corrected chi connectivity index (χ4v) is 2.03. The van der Waals surface area contributed by atoms with Gasteiger partial charge in [-0.3, -0.25) is 0 Å². The average molecular weight is 236 g/mol. The minimum atomic E-state index is -0.722. The van der Waals surface area contributed by atoms with Crippen LogP contribution in [0.1, 0.15) is 23.7 Å². The molecular weight excluding hydrogens is 223 g/mol. The van der Waals surface area contributed by atoms with Crippen LogP contribution in [0.3, 0.4) is 0 Å². The number of aliphatic hydroxyl groups excluding tert-OH is 2. The van der Waals surface area contributed by atoms with Gasteiger partial charge in [-0.25, -0.2) is 4.39 Å². The van der Waals surface area contributed by atoms with Gasteiger partial charge < -0.3 is 14.9 Å². The summed E-state index contributed by atoms with van der Waals surface area (Å²) in [4.78, 5) is 0. The fourth-order valence-electron chi connectivity index (χ4n) is 2.03. The van der Waals surface area contributed by atoms with Crippen molar-refractivity contribution < 1.29 is 19.3 Å². The van der Waals surface area contributed by atoms with Crippen LogP contribution in [-0.2, 0) is 4.74 Å². The van der Waals surface area contributed by atoms with Gasteiger partial charge >= 0.3 is 0 Å². The van der Waals surface area contributed by atoms with Gasteiger partial charge in [0.15, 0.2) is 0 Å². The molecule has 0 aromatic heterocycles. The number of aliphatic hydroxyl groups is 2. The summed E-state index contributed by atoms with van der Waals surface area (Å²) in [5.41, 5.74) is 1.09. The Morgan fingerprint density at radius 1 is 1.53 bits per heavy atom. The predicted molar refractivity (Wildman–Crippen MR) is 59.7 cm³/mol. The van der Waals surface area contributed by atoms with Crippen molar-refractivity contribution >= 4 is 0 Å². The molecule has 1 fully saturated rings. The minimum absolute atomic E-state index is 0.246. The lowest BCUT2D eigenvalue weighted by Crippen LogP contribution is -2.24. The second-order valence-electron chi connectivity index (χ2n) is 4.02. The van der Waals surface area contributed by atoms with Crippen LogP contribution >= 0.6 is 0 Å². The highest BCUT2D eigenvalue weighted by Gasteiger charge is 2.35. The summed E-state index contributed by atoms with van der Waals surface area (Å²) in [5, 5.41) is 18.6. The average Bonchev–Trinajstić information content (AvgIpc) is 2.70. The number of rotatable bonds is 2. The Balaban J connectivity index is 2.27. The molecule has 0 saturated carbocycles. The zero-order valence-corrected chi connectivity index (χ0v) is 9.14. The third-order valence-corrected chi connectivity index (χ3v) is 2.92. The lowest BCUT2D eigenvalue weighted by Gasteiger charge is -2.14. The van der Waals surface area contributed by atoms with Crippen molar-refractivity contribution in [2.75, 3.05) is 6.61 Å². The number of ether oxygens (including phenoxy) is 1. The van der Waals surface area contributed by atoms with E-state index in [1.165, 1.54) is 12.1 Å². The largest absolute Gasteiger partial charge is 0.394 e. The van der Waals surface area contributed by atoms with Crippen molar-refractivity contribution in [1.82, 2.24) is 0 Å². The molecule has 1 heterocycles. The van der Waals surface area contributed by atoms with Crippen LogP contribution in [0.5, 0.6) is 0 Å². The third-order valence-electron chi connectivity index (χ3n) is 2.92. The van der Waals surface area contributed by atoms with Crippen molar-refractivity contribution in [1.29, 1.82) is 0 Å². The van der Waals surface area contributed by atoms with Crippen LogP contribution in [-0.4, -0.2) is 29.0 Å². The second kappa shape index (κ2) is 4.84. The summed E-state index contributed by atoms with van der Waals surface area (Å²) in [6, 6.07) is 4.12. The third kappa shape index (κ3) is 2.32. The number of hydrogen-bond donors (Lipinski definition) is 2. The summed E-state index contributed by atoms with van der Waals surface area (Å²) >= 11 is 0. The summed E-state index contributed by atoms with van der Waals surface area (Å²) < 4.78 is 18.5. The molecule has 17 heavy (non-hydrogen) atoms. The molecule has 0 amide bonds. The highest BCUT2D eigenvalue weighted by molar-refractivity contribution is 5.42. The molecule has 0 spiro atoms. The molecule has 4 heteroatoms. The summed E-state index contributed by atoms with van der Waals surface area (Å²) in [7, 11) is 0. The summed E-state index contributed by atoms with van der Waals surface area (Å²) in [6.07, 6.45) is 3.94. The topological polar surface area (TPSA) is 49.7 Å². The van der Waals surface area contributed by atoms with E-state index < -0.39 is 24.1 Å². The molecule has 3 atom stereocenters. The molecule has 0 unspecified atom stereocenters. The van der Waals surface area contributed by atoms with Crippen LogP contribution in [0.15, 0.2) is 18.2 Å². The lowest BCUT2D eigenvalue weighted by molar-refractivity contribution is -0.0226. The van der Waals surface area contributed by atoms with Gasteiger partial charge in [-0.05, 0) is 17.7 Å². The van der Waals surface area contributed by atoms with Gasteiger partial charge in [0.1, 0.15) is 11.9 Å². The van der Waals surface area contributed by atoms with Crippen LogP contribution in [0.4, 0.5) is 4.39 Å². The van der Waals surface area contributed by atoms with E-state index in [0.717, 1.165) is 0 Å². The van der Waals surface area contributed by atoms with Gasteiger partial charge in [-0.2, -0.15) is 0 Å². The maximum atomic E-state index is 13.0. The normalized spacial score (nSPS) is 28.0.